The molecule has 0 fully saturated rings. The molecule has 1 aromatic heterocycles. The fourth-order valence-corrected chi connectivity index (χ4v) is 2.33. The van der Waals surface area contributed by atoms with Gasteiger partial charge in [-0.1, -0.05) is 35.9 Å². The molecule has 0 saturated carbocycles. The zero-order chi connectivity index (χ0) is 14.8. The van der Waals surface area contributed by atoms with Crippen molar-refractivity contribution in [3.05, 3.63) is 65.1 Å². The maximum atomic E-state index is 13.1. The lowest BCUT2D eigenvalue weighted by Crippen LogP contribution is -1.96. The first-order valence-electron chi connectivity index (χ1n) is 6.29. The summed E-state index contributed by atoms with van der Waals surface area (Å²) in [6.45, 7) is -0.356. The Morgan fingerprint density at radius 2 is 1.90 bits per heavy atom. The molecule has 3 nitrogen and oxygen atoms in total. The minimum atomic E-state index is -0.521. The quantitative estimate of drug-likeness (QED) is 0.784. The molecule has 3 aromatic rings. The van der Waals surface area contributed by atoms with Gasteiger partial charge in [-0.05, 0) is 18.2 Å². The van der Waals surface area contributed by atoms with Crippen LogP contribution in [0.2, 0.25) is 5.02 Å². The summed E-state index contributed by atoms with van der Waals surface area (Å²) in [5.74, 6) is 0.197. The molecule has 0 saturated heterocycles. The van der Waals surface area contributed by atoms with E-state index in [9.17, 15) is 9.50 Å². The molecule has 1 heterocycles. The van der Waals surface area contributed by atoms with Gasteiger partial charge in [-0.25, -0.2) is 9.37 Å². The van der Waals surface area contributed by atoms with Crippen molar-refractivity contribution in [1.29, 1.82) is 0 Å². The largest absolute Gasteiger partial charge is 0.438 e. The number of ether oxygens (including phenoxy) is 1. The summed E-state index contributed by atoms with van der Waals surface area (Å²) in [5.41, 5.74) is 0.286. The van der Waals surface area contributed by atoms with E-state index in [0.717, 1.165) is 17.0 Å². The molecule has 0 spiro atoms. The van der Waals surface area contributed by atoms with Crippen LogP contribution in [-0.2, 0) is 6.61 Å². The van der Waals surface area contributed by atoms with Crippen molar-refractivity contribution in [3.8, 4) is 11.6 Å². The lowest BCUT2D eigenvalue weighted by Gasteiger charge is -2.11. The van der Waals surface area contributed by atoms with Crippen LogP contribution < -0.4 is 4.74 Å². The van der Waals surface area contributed by atoms with Gasteiger partial charge in [0.05, 0.1) is 12.8 Å². The Morgan fingerprint density at radius 3 is 2.67 bits per heavy atom. The number of aliphatic hydroxyl groups is 1. The van der Waals surface area contributed by atoms with E-state index < -0.39 is 5.82 Å². The number of aromatic nitrogens is 1. The fraction of sp³-hybridized carbons (Fsp3) is 0.0625. The Labute approximate surface area is 125 Å². The summed E-state index contributed by atoms with van der Waals surface area (Å²) < 4.78 is 18.9. The van der Waals surface area contributed by atoms with Gasteiger partial charge in [0, 0.05) is 21.4 Å². The second-order valence-corrected chi connectivity index (χ2v) is 4.88. The summed E-state index contributed by atoms with van der Waals surface area (Å²) in [6, 6.07) is 12.1. The van der Waals surface area contributed by atoms with Crippen LogP contribution in [0.1, 0.15) is 5.56 Å². The zero-order valence-corrected chi connectivity index (χ0v) is 11.6. The highest BCUT2D eigenvalue weighted by atomic mass is 35.5. The second-order valence-electron chi connectivity index (χ2n) is 4.47. The van der Waals surface area contributed by atoms with E-state index in [0.29, 0.717) is 10.8 Å². The number of halogens is 2. The standard InChI is InChI=1S/C16H11ClFNO2/c17-14-5-6-15(13-4-2-1-3-12(13)14)21-16-10(9-20)7-11(18)8-19-16/h1-8,20H,9H2. The Bertz CT molecular complexity index is 807. The third kappa shape index (κ3) is 2.68. The number of aliphatic hydroxyl groups excluding tert-OH is 1. The molecule has 0 bridgehead atoms. The highest BCUT2D eigenvalue weighted by Crippen LogP contribution is 2.34. The van der Waals surface area contributed by atoms with Crippen LogP contribution >= 0.6 is 11.6 Å². The van der Waals surface area contributed by atoms with E-state index in [1.807, 2.05) is 24.3 Å². The average Bonchev–Trinajstić information content (AvgIpc) is 2.52. The van der Waals surface area contributed by atoms with E-state index in [1.54, 1.807) is 12.1 Å². The molecule has 106 valence electrons. The van der Waals surface area contributed by atoms with Crippen LogP contribution in [0.4, 0.5) is 4.39 Å². The Hall–Kier alpha value is -2.17. The Kier molecular flexibility index (Phi) is 3.73. The number of rotatable bonds is 3. The SMILES string of the molecule is OCc1cc(F)cnc1Oc1ccc(Cl)c2ccccc12. The van der Waals surface area contributed by atoms with Gasteiger partial charge in [0.15, 0.2) is 0 Å². The molecule has 0 aliphatic heterocycles. The van der Waals surface area contributed by atoms with Gasteiger partial charge in [-0.3, -0.25) is 0 Å². The molecule has 0 radical (unpaired) electrons. The number of fused-ring (bicyclic) bond motifs is 1. The maximum Gasteiger partial charge on any atom is 0.224 e. The van der Waals surface area contributed by atoms with Gasteiger partial charge < -0.3 is 9.84 Å². The van der Waals surface area contributed by atoms with Crippen LogP contribution in [0.3, 0.4) is 0 Å². The molecule has 5 heteroatoms. The molecule has 1 N–H and O–H groups in total. The van der Waals surface area contributed by atoms with Crippen molar-refractivity contribution < 1.29 is 14.2 Å². The van der Waals surface area contributed by atoms with Crippen molar-refractivity contribution in [2.75, 3.05) is 0 Å². The molecule has 3 rings (SSSR count). The number of hydrogen-bond acceptors (Lipinski definition) is 3. The molecular weight excluding hydrogens is 293 g/mol. The first kappa shape index (κ1) is 13.8. The highest BCUT2D eigenvalue weighted by Gasteiger charge is 2.11. The van der Waals surface area contributed by atoms with E-state index in [-0.39, 0.29) is 18.1 Å². The third-order valence-electron chi connectivity index (χ3n) is 3.10. The summed E-state index contributed by atoms with van der Waals surface area (Å²) in [6.07, 6.45) is 1.05. The first-order chi connectivity index (χ1) is 10.2. The maximum absolute atomic E-state index is 13.1. The van der Waals surface area contributed by atoms with Gasteiger partial charge in [0.1, 0.15) is 11.6 Å². The minimum Gasteiger partial charge on any atom is -0.438 e. The van der Waals surface area contributed by atoms with Crippen LogP contribution in [0.15, 0.2) is 48.7 Å². The molecule has 2 aromatic carbocycles. The smallest absolute Gasteiger partial charge is 0.224 e. The summed E-state index contributed by atoms with van der Waals surface area (Å²) in [7, 11) is 0. The van der Waals surface area contributed by atoms with Crippen LogP contribution in [0.5, 0.6) is 11.6 Å². The molecule has 0 amide bonds. The van der Waals surface area contributed by atoms with Crippen molar-refractivity contribution >= 4 is 22.4 Å². The second kappa shape index (κ2) is 5.68. The van der Waals surface area contributed by atoms with E-state index in [1.165, 1.54) is 6.07 Å². The van der Waals surface area contributed by atoms with Gasteiger partial charge in [-0.2, -0.15) is 0 Å². The molecule has 21 heavy (non-hydrogen) atoms. The number of hydrogen-bond donors (Lipinski definition) is 1. The fourth-order valence-electron chi connectivity index (χ4n) is 2.10. The summed E-state index contributed by atoms with van der Waals surface area (Å²) in [4.78, 5) is 3.88. The molecule has 0 atom stereocenters. The van der Waals surface area contributed by atoms with Crippen molar-refractivity contribution in [2.45, 2.75) is 6.61 Å². The third-order valence-corrected chi connectivity index (χ3v) is 3.43. The van der Waals surface area contributed by atoms with E-state index in [2.05, 4.69) is 4.98 Å². The molecule has 0 aliphatic rings. The average molecular weight is 304 g/mol. The predicted molar refractivity (Wildman–Crippen MR) is 79.1 cm³/mol. The Morgan fingerprint density at radius 1 is 1.14 bits per heavy atom. The lowest BCUT2D eigenvalue weighted by atomic mass is 10.1. The molecule has 0 unspecified atom stereocenters. The number of pyridine rings is 1. The van der Waals surface area contributed by atoms with Crippen molar-refractivity contribution in [3.63, 3.8) is 0 Å². The number of nitrogens with zero attached hydrogens (tertiary/aromatic N) is 1. The van der Waals surface area contributed by atoms with E-state index >= 15 is 0 Å². The number of benzene rings is 2. The summed E-state index contributed by atoms with van der Waals surface area (Å²) in [5, 5.41) is 11.6. The van der Waals surface area contributed by atoms with Crippen LogP contribution in [0, 0.1) is 5.82 Å². The highest BCUT2D eigenvalue weighted by molar-refractivity contribution is 6.35. The lowest BCUT2D eigenvalue weighted by molar-refractivity contribution is 0.274. The van der Waals surface area contributed by atoms with Crippen LogP contribution in [0.25, 0.3) is 10.8 Å². The first-order valence-corrected chi connectivity index (χ1v) is 6.67. The summed E-state index contributed by atoms with van der Waals surface area (Å²) >= 11 is 6.15. The monoisotopic (exact) mass is 303 g/mol. The van der Waals surface area contributed by atoms with Gasteiger partial charge in [0.25, 0.3) is 0 Å². The normalized spacial score (nSPS) is 10.8. The van der Waals surface area contributed by atoms with Gasteiger partial charge in [-0.15, -0.1) is 0 Å². The van der Waals surface area contributed by atoms with Gasteiger partial charge in [0.2, 0.25) is 5.88 Å². The van der Waals surface area contributed by atoms with Gasteiger partial charge >= 0.3 is 0 Å². The molecular formula is C16H11ClFNO2. The van der Waals surface area contributed by atoms with Crippen molar-refractivity contribution in [2.24, 2.45) is 0 Å². The predicted octanol–water partition coefficient (Wildman–Crippen LogP) is 4.31. The molecule has 0 aliphatic carbocycles. The zero-order valence-electron chi connectivity index (χ0n) is 10.9. The van der Waals surface area contributed by atoms with Crippen LogP contribution in [-0.4, -0.2) is 10.1 Å². The minimum absolute atomic E-state index is 0.173. The van der Waals surface area contributed by atoms with Crippen molar-refractivity contribution in [1.82, 2.24) is 4.98 Å². The Balaban J connectivity index is 2.09. The van der Waals surface area contributed by atoms with E-state index in [4.69, 9.17) is 16.3 Å². The topological polar surface area (TPSA) is 42.4 Å².